The molecule has 2 aromatic rings. The first-order valence-electron chi connectivity index (χ1n) is 5.81. The van der Waals surface area contributed by atoms with Gasteiger partial charge in [-0.15, -0.1) is 0 Å². The second-order valence-electron chi connectivity index (χ2n) is 4.00. The number of esters is 1. The summed E-state index contributed by atoms with van der Waals surface area (Å²) in [6.45, 7) is 0. The van der Waals surface area contributed by atoms with Crippen molar-refractivity contribution in [3.05, 3.63) is 70.2 Å². The standard InChI is InChI=1S/C16H13ClO2/c1-19-16(18)14-8-4-12(5-9-14)2-3-13-6-10-15(17)11-7-13/h2-11H,1H3/b3-2-. The SMILES string of the molecule is COC(=O)c1ccc(/C=C\c2ccc(Cl)cc2)cc1. The average Bonchev–Trinajstić information content (AvgIpc) is 2.46. The van der Waals surface area contributed by atoms with Crippen molar-refractivity contribution < 1.29 is 9.53 Å². The molecule has 19 heavy (non-hydrogen) atoms. The van der Waals surface area contributed by atoms with Crippen LogP contribution in [0, 0.1) is 0 Å². The molecule has 0 aromatic heterocycles. The van der Waals surface area contributed by atoms with Crippen molar-refractivity contribution in [1.82, 2.24) is 0 Å². The molecule has 0 fully saturated rings. The number of benzene rings is 2. The number of ether oxygens (including phenoxy) is 1. The first kappa shape index (κ1) is 13.4. The lowest BCUT2D eigenvalue weighted by atomic mass is 10.1. The zero-order valence-electron chi connectivity index (χ0n) is 10.5. The van der Waals surface area contributed by atoms with Gasteiger partial charge in [-0.25, -0.2) is 4.79 Å². The van der Waals surface area contributed by atoms with Gasteiger partial charge in [0.2, 0.25) is 0 Å². The second-order valence-corrected chi connectivity index (χ2v) is 4.43. The maximum Gasteiger partial charge on any atom is 0.337 e. The minimum Gasteiger partial charge on any atom is -0.465 e. The highest BCUT2D eigenvalue weighted by Gasteiger charge is 2.02. The van der Waals surface area contributed by atoms with E-state index in [-0.39, 0.29) is 5.97 Å². The Morgan fingerprint density at radius 2 is 1.42 bits per heavy atom. The molecule has 96 valence electrons. The number of carbonyl (C=O) groups excluding carboxylic acids is 1. The van der Waals surface area contributed by atoms with E-state index in [0.29, 0.717) is 5.56 Å². The van der Waals surface area contributed by atoms with Crippen molar-refractivity contribution in [2.75, 3.05) is 7.11 Å². The van der Waals surface area contributed by atoms with E-state index >= 15 is 0 Å². The molecule has 0 amide bonds. The van der Waals surface area contributed by atoms with E-state index in [1.54, 1.807) is 12.1 Å². The van der Waals surface area contributed by atoms with Crippen LogP contribution in [0.1, 0.15) is 21.5 Å². The van der Waals surface area contributed by atoms with Crippen LogP contribution in [0.2, 0.25) is 5.02 Å². The summed E-state index contributed by atoms with van der Waals surface area (Å²) in [5.41, 5.74) is 2.63. The third kappa shape index (κ3) is 3.70. The van der Waals surface area contributed by atoms with Gasteiger partial charge in [-0.3, -0.25) is 0 Å². The second kappa shape index (κ2) is 6.21. The lowest BCUT2D eigenvalue weighted by Crippen LogP contribution is -2.00. The van der Waals surface area contributed by atoms with Gasteiger partial charge in [0.1, 0.15) is 0 Å². The summed E-state index contributed by atoms with van der Waals surface area (Å²) in [7, 11) is 1.37. The van der Waals surface area contributed by atoms with Crippen LogP contribution in [0.3, 0.4) is 0 Å². The van der Waals surface area contributed by atoms with E-state index in [9.17, 15) is 4.79 Å². The third-order valence-corrected chi connectivity index (χ3v) is 2.92. The summed E-state index contributed by atoms with van der Waals surface area (Å²) in [5, 5.41) is 0.722. The van der Waals surface area contributed by atoms with Gasteiger partial charge in [0.25, 0.3) is 0 Å². The summed E-state index contributed by atoms with van der Waals surface area (Å²) < 4.78 is 4.65. The smallest absolute Gasteiger partial charge is 0.337 e. The van der Waals surface area contributed by atoms with E-state index in [1.807, 2.05) is 48.6 Å². The highest BCUT2D eigenvalue weighted by molar-refractivity contribution is 6.30. The molecule has 0 aliphatic carbocycles. The van der Waals surface area contributed by atoms with Gasteiger partial charge >= 0.3 is 5.97 Å². The molecule has 2 nitrogen and oxygen atoms in total. The Morgan fingerprint density at radius 1 is 0.947 bits per heavy atom. The van der Waals surface area contributed by atoms with E-state index < -0.39 is 0 Å². The van der Waals surface area contributed by atoms with Crippen molar-refractivity contribution >= 4 is 29.7 Å². The lowest BCUT2D eigenvalue weighted by Gasteiger charge is -1.99. The van der Waals surface area contributed by atoms with Crippen LogP contribution in [0.5, 0.6) is 0 Å². The first-order valence-corrected chi connectivity index (χ1v) is 6.19. The zero-order valence-corrected chi connectivity index (χ0v) is 11.2. The number of hydrogen-bond donors (Lipinski definition) is 0. The van der Waals surface area contributed by atoms with Gasteiger partial charge in [-0.1, -0.05) is 48.0 Å². The lowest BCUT2D eigenvalue weighted by molar-refractivity contribution is 0.0601. The Kier molecular flexibility index (Phi) is 4.37. The summed E-state index contributed by atoms with van der Waals surface area (Å²) in [5.74, 6) is -0.326. The first-order chi connectivity index (χ1) is 9.19. The van der Waals surface area contributed by atoms with E-state index in [2.05, 4.69) is 4.74 Å². The van der Waals surface area contributed by atoms with Gasteiger partial charge in [-0.2, -0.15) is 0 Å². The minimum atomic E-state index is -0.326. The van der Waals surface area contributed by atoms with Crippen molar-refractivity contribution in [2.45, 2.75) is 0 Å². The maximum atomic E-state index is 11.3. The molecule has 0 spiro atoms. The molecule has 0 atom stereocenters. The molecule has 2 rings (SSSR count). The molecule has 0 radical (unpaired) electrons. The minimum absolute atomic E-state index is 0.326. The van der Waals surface area contributed by atoms with Crippen molar-refractivity contribution in [2.24, 2.45) is 0 Å². The van der Waals surface area contributed by atoms with Crippen molar-refractivity contribution in [3.63, 3.8) is 0 Å². The maximum absolute atomic E-state index is 11.3. The molecule has 3 heteroatoms. The normalized spacial score (nSPS) is 10.6. The van der Waals surface area contributed by atoms with Crippen LogP contribution in [0.15, 0.2) is 48.5 Å². The number of methoxy groups -OCH3 is 1. The molecule has 0 unspecified atom stereocenters. The van der Waals surface area contributed by atoms with Gasteiger partial charge in [0, 0.05) is 5.02 Å². The molecular formula is C16H13ClO2. The number of carbonyl (C=O) groups is 1. The number of halogens is 1. The molecule has 0 N–H and O–H groups in total. The average molecular weight is 273 g/mol. The molecule has 2 aromatic carbocycles. The highest BCUT2D eigenvalue weighted by atomic mass is 35.5. The van der Waals surface area contributed by atoms with Gasteiger partial charge in [-0.05, 0) is 35.4 Å². The molecule has 0 aliphatic rings. The van der Waals surface area contributed by atoms with Crippen LogP contribution in [-0.4, -0.2) is 13.1 Å². The monoisotopic (exact) mass is 272 g/mol. The predicted octanol–water partition coefficient (Wildman–Crippen LogP) is 4.30. The number of rotatable bonds is 3. The summed E-state index contributed by atoms with van der Waals surface area (Å²) in [4.78, 5) is 11.3. The fourth-order valence-electron chi connectivity index (χ4n) is 1.61. The van der Waals surface area contributed by atoms with Gasteiger partial charge in [0.15, 0.2) is 0 Å². The third-order valence-electron chi connectivity index (χ3n) is 2.67. The van der Waals surface area contributed by atoms with Crippen molar-refractivity contribution in [1.29, 1.82) is 0 Å². The Bertz CT molecular complexity index is 583. The molecule has 0 saturated heterocycles. The van der Waals surface area contributed by atoms with Gasteiger partial charge in [0.05, 0.1) is 12.7 Å². The fraction of sp³-hybridized carbons (Fsp3) is 0.0625. The molecule has 0 heterocycles. The number of hydrogen-bond acceptors (Lipinski definition) is 2. The summed E-state index contributed by atoms with van der Waals surface area (Å²) >= 11 is 5.82. The highest BCUT2D eigenvalue weighted by Crippen LogP contribution is 2.13. The molecule has 0 bridgehead atoms. The molecular weight excluding hydrogens is 260 g/mol. The van der Waals surface area contributed by atoms with Crippen LogP contribution in [0.25, 0.3) is 12.2 Å². The Hall–Kier alpha value is -2.06. The zero-order chi connectivity index (χ0) is 13.7. The van der Waals surface area contributed by atoms with Crippen LogP contribution >= 0.6 is 11.6 Å². The van der Waals surface area contributed by atoms with Crippen molar-refractivity contribution in [3.8, 4) is 0 Å². The van der Waals surface area contributed by atoms with Crippen LogP contribution < -0.4 is 0 Å². The molecule has 0 saturated carbocycles. The Labute approximate surface area is 117 Å². The molecule has 0 aliphatic heterocycles. The summed E-state index contributed by atoms with van der Waals surface area (Å²) in [6, 6.07) is 14.8. The van der Waals surface area contributed by atoms with Gasteiger partial charge < -0.3 is 4.74 Å². The van der Waals surface area contributed by atoms with E-state index in [4.69, 9.17) is 11.6 Å². The van der Waals surface area contributed by atoms with E-state index in [0.717, 1.165) is 16.1 Å². The summed E-state index contributed by atoms with van der Waals surface area (Å²) in [6.07, 6.45) is 3.97. The van der Waals surface area contributed by atoms with Crippen LogP contribution in [-0.2, 0) is 4.74 Å². The Balaban J connectivity index is 2.11. The fourth-order valence-corrected chi connectivity index (χ4v) is 1.74. The van der Waals surface area contributed by atoms with E-state index in [1.165, 1.54) is 7.11 Å². The quantitative estimate of drug-likeness (QED) is 0.615. The topological polar surface area (TPSA) is 26.3 Å². The Morgan fingerprint density at radius 3 is 1.89 bits per heavy atom. The predicted molar refractivity (Wildman–Crippen MR) is 78.2 cm³/mol. The largest absolute Gasteiger partial charge is 0.465 e. The van der Waals surface area contributed by atoms with Crippen LogP contribution in [0.4, 0.5) is 0 Å².